The summed E-state index contributed by atoms with van der Waals surface area (Å²) in [6, 6.07) is 9.57. The van der Waals surface area contributed by atoms with Crippen LogP contribution in [0.25, 0.3) is 10.9 Å². The van der Waals surface area contributed by atoms with E-state index >= 15 is 0 Å². The average Bonchev–Trinajstić information content (AvgIpc) is 2.81. The van der Waals surface area contributed by atoms with Crippen molar-refractivity contribution in [2.75, 3.05) is 0 Å². The minimum absolute atomic E-state index is 0.139. The van der Waals surface area contributed by atoms with E-state index in [1.54, 1.807) is 13.1 Å². The Balaban J connectivity index is 1.99. The van der Waals surface area contributed by atoms with Crippen molar-refractivity contribution < 1.29 is 4.92 Å². The van der Waals surface area contributed by atoms with Crippen LogP contribution >= 0.6 is 11.6 Å². The molecule has 0 saturated carbocycles. The lowest BCUT2D eigenvalue weighted by molar-refractivity contribution is -0.390. The highest BCUT2D eigenvalue weighted by molar-refractivity contribution is 6.30. The molecule has 0 N–H and O–H groups in total. The quantitative estimate of drug-likeness (QED) is 0.422. The zero-order chi connectivity index (χ0) is 15.0. The Labute approximate surface area is 125 Å². The Hall–Kier alpha value is -2.47. The first kappa shape index (κ1) is 13.5. The standard InChI is InChI=1S/C14H11ClN4O2/c1-9-7-18(17-14(9)19(20)21)8-11-6-10-4-2-3-5-12(10)16-13(11)15/h2-7H,8H2,1H3. The number of nitro groups is 1. The maximum atomic E-state index is 10.8. The fraction of sp³-hybridized carbons (Fsp3) is 0.143. The van der Waals surface area contributed by atoms with Gasteiger partial charge in [0.05, 0.1) is 28.9 Å². The van der Waals surface area contributed by atoms with Crippen molar-refractivity contribution in [3.05, 3.63) is 62.9 Å². The fourth-order valence-corrected chi connectivity index (χ4v) is 2.40. The van der Waals surface area contributed by atoms with Crippen molar-refractivity contribution in [1.29, 1.82) is 0 Å². The number of aromatic nitrogens is 3. The van der Waals surface area contributed by atoms with Gasteiger partial charge < -0.3 is 10.1 Å². The van der Waals surface area contributed by atoms with Crippen LogP contribution in [0.15, 0.2) is 36.5 Å². The second-order valence-corrected chi connectivity index (χ2v) is 5.08. The topological polar surface area (TPSA) is 73.8 Å². The molecule has 0 amide bonds. The third-order valence-corrected chi connectivity index (χ3v) is 3.50. The SMILES string of the molecule is Cc1cn(Cc2cc3ccccc3nc2Cl)nc1[N+](=O)[O-]. The van der Waals surface area contributed by atoms with E-state index in [0.717, 1.165) is 16.5 Å². The third-order valence-electron chi connectivity index (χ3n) is 3.17. The highest BCUT2D eigenvalue weighted by Crippen LogP contribution is 2.22. The normalized spacial score (nSPS) is 11.0. The molecule has 3 rings (SSSR count). The van der Waals surface area contributed by atoms with Gasteiger partial charge in [-0.05, 0) is 24.0 Å². The predicted molar refractivity (Wildman–Crippen MR) is 79.5 cm³/mol. The van der Waals surface area contributed by atoms with E-state index in [4.69, 9.17) is 11.6 Å². The maximum absolute atomic E-state index is 10.8. The second-order valence-electron chi connectivity index (χ2n) is 4.72. The zero-order valence-electron chi connectivity index (χ0n) is 11.2. The van der Waals surface area contributed by atoms with E-state index in [-0.39, 0.29) is 5.82 Å². The first-order chi connectivity index (χ1) is 10.0. The Morgan fingerprint density at radius 1 is 1.38 bits per heavy atom. The molecule has 0 bridgehead atoms. The molecule has 0 unspecified atom stereocenters. The smallest absolute Gasteiger partial charge is 0.358 e. The Morgan fingerprint density at radius 2 is 2.14 bits per heavy atom. The van der Waals surface area contributed by atoms with E-state index < -0.39 is 4.92 Å². The molecular formula is C14H11ClN4O2. The summed E-state index contributed by atoms with van der Waals surface area (Å²) in [6.07, 6.45) is 1.63. The summed E-state index contributed by atoms with van der Waals surface area (Å²) in [7, 11) is 0. The van der Waals surface area contributed by atoms with E-state index in [1.165, 1.54) is 4.68 Å². The molecule has 0 aliphatic heterocycles. The third kappa shape index (κ3) is 2.57. The minimum Gasteiger partial charge on any atom is -0.358 e. The van der Waals surface area contributed by atoms with Gasteiger partial charge in [0, 0.05) is 10.9 Å². The van der Waals surface area contributed by atoms with Crippen LogP contribution in [0.5, 0.6) is 0 Å². The average molecular weight is 303 g/mol. The highest BCUT2D eigenvalue weighted by atomic mass is 35.5. The van der Waals surface area contributed by atoms with Gasteiger partial charge in [-0.2, -0.15) is 4.68 Å². The molecule has 0 aliphatic rings. The lowest BCUT2D eigenvalue weighted by Gasteiger charge is -2.04. The second kappa shape index (κ2) is 5.14. The summed E-state index contributed by atoms with van der Waals surface area (Å²) in [6.45, 7) is 1.99. The predicted octanol–water partition coefficient (Wildman–Crippen LogP) is 3.35. The monoisotopic (exact) mass is 302 g/mol. The van der Waals surface area contributed by atoms with Crippen LogP contribution in [0.4, 0.5) is 5.82 Å². The van der Waals surface area contributed by atoms with Gasteiger partial charge in [0.1, 0.15) is 5.15 Å². The summed E-state index contributed by atoms with van der Waals surface area (Å²) >= 11 is 6.18. The molecule has 0 spiro atoms. The molecule has 0 saturated heterocycles. The van der Waals surface area contributed by atoms with Crippen molar-refractivity contribution in [3.8, 4) is 0 Å². The summed E-state index contributed by atoms with van der Waals surface area (Å²) in [5.41, 5.74) is 2.10. The number of fused-ring (bicyclic) bond motifs is 1. The van der Waals surface area contributed by atoms with Gasteiger partial charge in [0.25, 0.3) is 0 Å². The van der Waals surface area contributed by atoms with Crippen LogP contribution in [-0.4, -0.2) is 19.7 Å². The Morgan fingerprint density at radius 3 is 2.86 bits per heavy atom. The lowest BCUT2D eigenvalue weighted by Crippen LogP contribution is -2.03. The van der Waals surface area contributed by atoms with Gasteiger partial charge in [-0.25, -0.2) is 4.98 Å². The molecule has 21 heavy (non-hydrogen) atoms. The summed E-state index contributed by atoms with van der Waals surface area (Å²) < 4.78 is 1.51. The van der Waals surface area contributed by atoms with Crippen molar-refractivity contribution in [1.82, 2.24) is 14.8 Å². The summed E-state index contributed by atoms with van der Waals surface area (Å²) in [5, 5.41) is 16.1. The number of hydrogen-bond acceptors (Lipinski definition) is 4. The summed E-state index contributed by atoms with van der Waals surface area (Å²) in [4.78, 5) is 14.7. The van der Waals surface area contributed by atoms with Gasteiger partial charge >= 0.3 is 5.82 Å². The number of rotatable bonds is 3. The zero-order valence-corrected chi connectivity index (χ0v) is 11.9. The number of hydrogen-bond donors (Lipinski definition) is 0. The van der Waals surface area contributed by atoms with Crippen LogP contribution in [0.2, 0.25) is 5.15 Å². The van der Waals surface area contributed by atoms with Crippen LogP contribution < -0.4 is 0 Å². The highest BCUT2D eigenvalue weighted by Gasteiger charge is 2.18. The van der Waals surface area contributed by atoms with Crippen molar-refractivity contribution in [3.63, 3.8) is 0 Å². The molecule has 2 heterocycles. The molecule has 0 fully saturated rings. The molecular weight excluding hydrogens is 292 g/mol. The largest absolute Gasteiger partial charge is 0.392 e. The van der Waals surface area contributed by atoms with Crippen LogP contribution in [0, 0.1) is 17.0 Å². The number of aryl methyl sites for hydroxylation is 1. The molecule has 0 aliphatic carbocycles. The number of para-hydroxylation sites is 1. The number of pyridine rings is 1. The lowest BCUT2D eigenvalue weighted by atomic mass is 10.1. The van der Waals surface area contributed by atoms with E-state index in [9.17, 15) is 10.1 Å². The van der Waals surface area contributed by atoms with E-state index in [1.807, 2.05) is 30.3 Å². The first-order valence-electron chi connectivity index (χ1n) is 6.27. The maximum Gasteiger partial charge on any atom is 0.392 e. The van der Waals surface area contributed by atoms with Gasteiger partial charge in [0.15, 0.2) is 0 Å². The molecule has 106 valence electrons. The number of halogens is 1. The molecule has 7 heteroatoms. The van der Waals surface area contributed by atoms with Gasteiger partial charge in [-0.1, -0.05) is 29.8 Å². The summed E-state index contributed by atoms with van der Waals surface area (Å²) in [5.74, 6) is -0.139. The molecule has 3 aromatic rings. The molecule has 1 aromatic carbocycles. The fourth-order valence-electron chi connectivity index (χ4n) is 2.19. The van der Waals surface area contributed by atoms with Crippen LogP contribution in [-0.2, 0) is 6.54 Å². The van der Waals surface area contributed by atoms with Crippen molar-refractivity contribution in [2.24, 2.45) is 0 Å². The van der Waals surface area contributed by atoms with Gasteiger partial charge in [-0.3, -0.25) is 0 Å². The van der Waals surface area contributed by atoms with Gasteiger partial charge in [0.2, 0.25) is 0 Å². The molecule has 2 aromatic heterocycles. The Kier molecular flexibility index (Phi) is 3.31. The van der Waals surface area contributed by atoms with Gasteiger partial charge in [-0.15, -0.1) is 0 Å². The van der Waals surface area contributed by atoms with Crippen molar-refractivity contribution in [2.45, 2.75) is 13.5 Å². The minimum atomic E-state index is -0.494. The molecule has 0 radical (unpaired) electrons. The number of nitrogens with zero attached hydrogens (tertiary/aromatic N) is 4. The van der Waals surface area contributed by atoms with Crippen LogP contribution in [0.3, 0.4) is 0 Å². The first-order valence-corrected chi connectivity index (χ1v) is 6.65. The molecule has 6 nitrogen and oxygen atoms in total. The van der Waals surface area contributed by atoms with Crippen LogP contribution in [0.1, 0.15) is 11.1 Å². The van der Waals surface area contributed by atoms with E-state index in [2.05, 4.69) is 10.1 Å². The van der Waals surface area contributed by atoms with Crippen molar-refractivity contribution >= 4 is 28.3 Å². The van der Waals surface area contributed by atoms with E-state index in [0.29, 0.717) is 17.3 Å². The number of benzene rings is 1. The Bertz CT molecular complexity index is 844. The molecule has 0 atom stereocenters.